The van der Waals surface area contributed by atoms with Crippen molar-refractivity contribution in [3.8, 4) is 0 Å². The predicted octanol–water partition coefficient (Wildman–Crippen LogP) is 3.68. The van der Waals surface area contributed by atoms with Gasteiger partial charge in [-0.2, -0.15) is 0 Å². The smallest absolute Gasteiger partial charge is 0.345 e. The molecule has 0 amide bonds. The van der Waals surface area contributed by atoms with Crippen molar-refractivity contribution in [3.63, 3.8) is 0 Å². The molecule has 0 radical (unpaired) electrons. The molecule has 0 saturated heterocycles. The van der Waals surface area contributed by atoms with Crippen LogP contribution in [0.15, 0.2) is 29.2 Å². The summed E-state index contributed by atoms with van der Waals surface area (Å²) < 4.78 is 12.4. The van der Waals surface area contributed by atoms with Crippen molar-refractivity contribution >= 4 is 28.1 Å². The molecule has 106 valence electrons. The van der Waals surface area contributed by atoms with E-state index < -0.39 is 16.8 Å². The zero-order chi connectivity index (χ0) is 14.9. The third-order valence-electron chi connectivity index (χ3n) is 3.26. The van der Waals surface area contributed by atoms with E-state index in [9.17, 15) is 9.00 Å². The standard InChI is InChI=1S/C15H16O3S2/c1-9-4-5-13(6-10(9)2)20(18)8-12-7-14(15(16)17)19-11(12)3/h4-7H,8H2,1-3H3,(H,16,17). The van der Waals surface area contributed by atoms with Gasteiger partial charge in [0.1, 0.15) is 4.88 Å². The highest BCUT2D eigenvalue weighted by atomic mass is 32.2. The molecule has 0 aliphatic rings. The number of benzene rings is 1. The van der Waals surface area contributed by atoms with Crippen LogP contribution < -0.4 is 0 Å². The van der Waals surface area contributed by atoms with Crippen LogP contribution in [0.1, 0.15) is 31.2 Å². The number of hydrogen-bond acceptors (Lipinski definition) is 3. The summed E-state index contributed by atoms with van der Waals surface area (Å²) in [5, 5.41) is 8.98. The lowest BCUT2D eigenvalue weighted by molar-refractivity contribution is 0.0702. The van der Waals surface area contributed by atoms with E-state index in [-0.39, 0.29) is 0 Å². The first-order chi connectivity index (χ1) is 9.38. The molecule has 0 saturated carbocycles. The van der Waals surface area contributed by atoms with Crippen molar-refractivity contribution in [2.45, 2.75) is 31.4 Å². The fraction of sp³-hybridized carbons (Fsp3) is 0.267. The Morgan fingerprint density at radius 2 is 1.90 bits per heavy atom. The summed E-state index contributed by atoms with van der Waals surface area (Å²) in [6, 6.07) is 7.40. The van der Waals surface area contributed by atoms with Crippen molar-refractivity contribution < 1.29 is 14.1 Å². The quantitative estimate of drug-likeness (QED) is 0.937. The van der Waals surface area contributed by atoms with E-state index in [0.29, 0.717) is 10.6 Å². The van der Waals surface area contributed by atoms with Gasteiger partial charge in [-0.05, 0) is 55.7 Å². The van der Waals surface area contributed by atoms with Gasteiger partial charge in [-0.25, -0.2) is 4.79 Å². The van der Waals surface area contributed by atoms with Gasteiger partial charge in [-0.15, -0.1) is 11.3 Å². The first-order valence-electron chi connectivity index (χ1n) is 6.16. The molecule has 1 N–H and O–H groups in total. The van der Waals surface area contributed by atoms with Gasteiger partial charge in [0, 0.05) is 9.77 Å². The third-order valence-corrected chi connectivity index (χ3v) is 5.69. The summed E-state index contributed by atoms with van der Waals surface area (Å²) in [6.07, 6.45) is 0. The van der Waals surface area contributed by atoms with Gasteiger partial charge < -0.3 is 5.11 Å². The average Bonchev–Trinajstić information content (AvgIpc) is 2.74. The molecule has 20 heavy (non-hydrogen) atoms. The van der Waals surface area contributed by atoms with Gasteiger partial charge in [0.25, 0.3) is 0 Å². The Morgan fingerprint density at radius 1 is 1.20 bits per heavy atom. The molecule has 0 aliphatic heterocycles. The van der Waals surface area contributed by atoms with Crippen molar-refractivity contribution in [2.24, 2.45) is 0 Å². The monoisotopic (exact) mass is 308 g/mol. The lowest BCUT2D eigenvalue weighted by atomic mass is 10.1. The molecular formula is C15H16O3S2. The maximum Gasteiger partial charge on any atom is 0.345 e. The first-order valence-corrected chi connectivity index (χ1v) is 8.30. The number of rotatable bonds is 4. The number of carboxylic acid groups (broad SMARTS) is 1. The molecule has 0 spiro atoms. The molecule has 0 fully saturated rings. The summed E-state index contributed by atoms with van der Waals surface area (Å²) in [6.45, 7) is 5.88. The van der Waals surface area contributed by atoms with Crippen LogP contribution in [0.2, 0.25) is 0 Å². The average molecular weight is 308 g/mol. The van der Waals surface area contributed by atoms with Gasteiger partial charge >= 0.3 is 5.97 Å². The number of aryl methyl sites for hydroxylation is 3. The fourth-order valence-electron chi connectivity index (χ4n) is 1.85. The highest BCUT2D eigenvalue weighted by Crippen LogP contribution is 2.25. The minimum Gasteiger partial charge on any atom is -0.477 e. The molecule has 1 atom stereocenters. The third kappa shape index (κ3) is 3.16. The minimum absolute atomic E-state index is 0.301. The van der Waals surface area contributed by atoms with Gasteiger partial charge in [0.15, 0.2) is 0 Å². The van der Waals surface area contributed by atoms with Crippen LogP contribution in [-0.4, -0.2) is 15.3 Å². The summed E-state index contributed by atoms with van der Waals surface area (Å²) in [5.74, 6) is -0.570. The molecule has 1 unspecified atom stereocenters. The van der Waals surface area contributed by atoms with Crippen molar-refractivity contribution in [1.82, 2.24) is 0 Å². The van der Waals surface area contributed by atoms with E-state index in [0.717, 1.165) is 20.9 Å². The number of carboxylic acids is 1. The molecule has 0 aliphatic carbocycles. The Labute approximate surface area is 124 Å². The first kappa shape index (κ1) is 14.9. The van der Waals surface area contributed by atoms with Gasteiger partial charge in [-0.3, -0.25) is 4.21 Å². The number of aromatic carboxylic acids is 1. The highest BCUT2D eigenvalue weighted by molar-refractivity contribution is 7.84. The van der Waals surface area contributed by atoms with Gasteiger partial charge in [0.2, 0.25) is 0 Å². The molecule has 1 heterocycles. The van der Waals surface area contributed by atoms with Crippen LogP contribution in [0.5, 0.6) is 0 Å². The van der Waals surface area contributed by atoms with Crippen LogP contribution in [0, 0.1) is 20.8 Å². The van der Waals surface area contributed by atoms with Crippen LogP contribution >= 0.6 is 11.3 Å². The lowest BCUT2D eigenvalue weighted by Crippen LogP contribution is -1.98. The highest BCUT2D eigenvalue weighted by Gasteiger charge is 2.14. The van der Waals surface area contributed by atoms with Crippen LogP contribution in [-0.2, 0) is 16.6 Å². The van der Waals surface area contributed by atoms with Gasteiger partial charge in [0.05, 0.1) is 16.6 Å². The molecule has 1 aromatic heterocycles. The van der Waals surface area contributed by atoms with Crippen molar-refractivity contribution in [3.05, 3.63) is 50.7 Å². The van der Waals surface area contributed by atoms with E-state index in [1.54, 1.807) is 6.07 Å². The lowest BCUT2D eigenvalue weighted by Gasteiger charge is -2.05. The van der Waals surface area contributed by atoms with Crippen LogP contribution in [0.25, 0.3) is 0 Å². The largest absolute Gasteiger partial charge is 0.477 e. The Balaban J connectivity index is 2.23. The van der Waals surface area contributed by atoms with E-state index >= 15 is 0 Å². The number of thiophene rings is 1. The summed E-state index contributed by atoms with van der Waals surface area (Å²) in [4.78, 5) is 12.9. The summed E-state index contributed by atoms with van der Waals surface area (Å²) in [5.41, 5.74) is 3.14. The topological polar surface area (TPSA) is 54.4 Å². The normalized spacial score (nSPS) is 12.3. The fourth-order valence-corrected chi connectivity index (χ4v) is 4.10. The Bertz CT molecular complexity index is 686. The zero-order valence-electron chi connectivity index (χ0n) is 11.6. The van der Waals surface area contributed by atoms with Gasteiger partial charge in [-0.1, -0.05) is 6.07 Å². The van der Waals surface area contributed by atoms with Crippen molar-refractivity contribution in [2.75, 3.05) is 0 Å². The van der Waals surface area contributed by atoms with Crippen LogP contribution in [0.3, 0.4) is 0 Å². The predicted molar refractivity (Wildman–Crippen MR) is 82.0 cm³/mol. The van der Waals surface area contributed by atoms with Crippen molar-refractivity contribution in [1.29, 1.82) is 0 Å². The second kappa shape index (κ2) is 5.89. The number of carbonyl (C=O) groups is 1. The Morgan fingerprint density at radius 3 is 2.45 bits per heavy atom. The van der Waals surface area contributed by atoms with Crippen LogP contribution in [0.4, 0.5) is 0 Å². The van der Waals surface area contributed by atoms with E-state index in [1.165, 1.54) is 16.9 Å². The minimum atomic E-state index is -1.15. The maximum absolute atomic E-state index is 12.4. The molecule has 2 rings (SSSR count). The second-order valence-corrected chi connectivity index (χ2v) is 7.44. The second-order valence-electron chi connectivity index (χ2n) is 4.73. The SMILES string of the molecule is Cc1ccc(S(=O)Cc2cc(C(=O)O)sc2C)cc1C. The molecule has 0 bridgehead atoms. The van der Waals surface area contributed by atoms with E-state index in [4.69, 9.17) is 5.11 Å². The molecular weight excluding hydrogens is 292 g/mol. The van der Waals surface area contributed by atoms with E-state index in [1.807, 2.05) is 39.0 Å². The molecule has 5 heteroatoms. The summed E-state index contributed by atoms with van der Waals surface area (Å²) in [7, 11) is -1.15. The zero-order valence-corrected chi connectivity index (χ0v) is 13.2. The molecule has 2 aromatic rings. The molecule has 3 nitrogen and oxygen atoms in total. The Kier molecular flexibility index (Phi) is 4.40. The molecule has 1 aromatic carbocycles. The number of hydrogen-bond donors (Lipinski definition) is 1. The summed E-state index contributed by atoms with van der Waals surface area (Å²) >= 11 is 1.23. The Hall–Kier alpha value is -1.46. The van der Waals surface area contributed by atoms with E-state index in [2.05, 4.69) is 0 Å². The maximum atomic E-state index is 12.4.